The molecule has 1 fully saturated rings. The molecule has 0 bridgehead atoms. The van der Waals surface area contributed by atoms with Crippen LogP contribution in [-0.2, 0) is 6.42 Å². The van der Waals surface area contributed by atoms with Crippen molar-refractivity contribution in [2.24, 2.45) is 0 Å². The Kier molecular flexibility index (Phi) is 3.42. The number of hydrogen-bond donors (Lipinski definition) is 1. The SMILES string of the molecule is CCCc1nc(-c2cccc(Cl)c2F)c(N)n1C1CC1. The molecule has 1 aromatic heterocycles. The zero-order chi connectivity index (χ0) is 14.3. The van der Waals surface area contributed by atoms with Crippen LogP contribution in [0.3, 0.4) is 0 Å². The number of aryl methyl sites for hydroxylation is 1. The summed E-state index contributed by atoms with van der Waals surface area (Å²) in [4.78, 5) is 4.57. The van der Waals surface area contributed by atoms with Gasteiger partial charge in [-0.3, -0.25) is 0 Å². The molecule has 20 heavy (non-hydrogen) atoms. The largest absolute Gasteiger partial charge is 0.383 e. The number of nitrogens with zero attached hydrogens (tertiary/aromatic N) is 2. The van der Waals surface area contributed by atoms with E-state index in [1.807, 2.05) is 0 Å². The number of rotatable bonds is 4. The fourth-order valence-electron chi connectivity index (χ4n) is 2.52. The van der Waals surface area contributed by atoms with Crippen molar-refractivity contribution in [1.82, 2.24) is 9.55 Å². The van der Waals surface area contributed by atoms with Gasteiger partial charge in [0.1, 0.15) is 17.3 Å². The van der Waals surface area contributed by atoms with Crippen molar-refractivity contribution in [3.05, 3.63) is 34.9 Å². The van der Waals surface area contributed by atoms with Crippen LogP contribution >= 0.6 is 11.6 Å². The Morgan fingerprint density at radius 2 is 2.20 bits per heavy atom. The smallest absolute Gasteiger partial charge is 0.151 e. The average molecular weight is 294 g/mol. The molecular weight excluding hydrogens is 277 g/mol. The molecule has 2 aromatic rings. The molecular formula is C15H17ClFN3. The van der Waals surface area contributed by atoms with E-state index in [0.29, 0.717) is 23.1 Å². The summed E-state index contributed by atoms with van der Waals surface area (Å²) in [6.07, 6.45) is 4.08. The lowest BCUT2D eigenvalue weighted by molar-refractivity contribution is 0.631. The normalized spacial score (nSPS) is 14.8. The van der Waals surface area contributed by atoms with Gasteiger partial charge in [0.25, 0.3) is 0 Å². The maximum Gasteiger partial charge on any atom is 0.151 e. The van der Waals surface area contributed by atoms with Gasteiger partial charge in [-0.2, -0.15) is 0 Å². The third kappa shape index (κ3) is 2.18. The van der Waals surface area contributed by atoms with Crippen molar-refractivity contribution in [3.8, 4) is 11.3 Å². The second-order valence-electron chi connectivity index (χ2n) is 5.21. The molecule has 2 N–H and O–H groups in total. The standard InChI is InChI=1S/C15H17ClFN3/c1-2-4-12-19-14(15(18)20(12)9-7-8-9)10-5-3-6-11(16)13(10)17/h3,5-6,9H,2,4,7-8,18H2,1H3. The third-order valence-corrected chi connectivity index (χ3v) is 3.91. The summed E-state index contributed by atoms with van der Waals surface area (Å²) in [7, 11) is 0. The third-order valence-electron chi connectivity index (χ3n) is 3.61. The van der Waals surface area contributed by atoms with Crippen LogP contribution in [0.15, 0.2) is 18.2 Å². The van der Waals surface area contributed by atoms with E-state index in [-0.39, 0.29) is 5.02 Å². The number of anilines is 1. The number of nitrogen functional groups attached to an aromatic ring is 1. The summed E-state index contributed by atoms with van der Waals surface area (Å²) in [5.41, 5.74) is 7.11. The highest BCUT2D eigenvalue weighted by Crippen LogP contribution is 2.41. The average Bonchev–Trinajstić information content (AvgIpc) is 3.20. The first-order chi connectivity index (χ1) is 9.63. The summed E-state index contributed by atoms with van der Waals surface area (Å²) < 4.78 is 16.2. The van der Waals surface area contributed by atoms with Crippen LogP contribution in [-0.4, -0.2) is 9.55 Å². The number of halogens is 2. The first-order valence-corrected chi connectivity index (χ1v) is 7.32. The van der Waals surface area contributed by atoms with Crippen LogP contribution < -0.4 is 5.73 Å². The highest BCUT2D eigenvalue weighted by atomic mass is 35.5. The monoisotopic (exact) mass is 293 g/mol. The number of imidazole rings is 1. The lowest BCUT2D eigenvalue weighted by Crippen LogP contribution is -2.05. The first-order valence-electron chi connectivity index (χ1n) is 6.94. The van der Waals surface area contributed by atoms with Gasteiger partial charge >= 0.3 is 0 Å². The number of nitrogens with two attached hydrogens (primary N) is 1. The summed E-state index contributed by atoms with van der Waals surface area (Å²) in [6, 6.07) is 5.35. The zero-order valence-corrected chi connectivity index (χ0v) is 12.1. The Hall–Kier alpha value is -1.55. The van der Waals surface area contributed by atoms with Gasteiger partial charge in [-0.05, 0) is 31.4 Å². The molecule has 1 saturated carbocycles. The van der Waals surface area contributed by atoms with Crippen molar-refractivity contribution in [3.63, 3.8) is 0 Å². The van der Waals surface area contributed by atoms with Crippen molar-refractivity contribution < 1.29 is 4.39 Å². The minimum Gasteiger partial charge on any atom is -0.383 e. The van der Waals surface area contributed by atoms with E-state index in [1.54, 1.807) is 12.1 Å². The van der Waals surface area contributed by atoms with Gasteiger partial charge in [0.15, 0.2) is 5.82 Å². The molecule has 1 aromatic carbocycles. The summed E-state index contributed by atoms with van der Waals surface area (Å²) in [5, 5.41) is 0.0971. The fourth-order valence-corrected chi connectivity index (χ4v) is 2.69. The fraction of sp³-hybridized carbons (Fsp3) is 0.400. The maximum atomic E-state index is 14.2. The lowest BCUT2D eigenvalue weighted by atomic mass is 10.1. The quantitative estimate of drug-likeness (QED) is 0.917. The van der Waals surface area contributed by atoms with E-state index in [9.17, 15) is 4.39 Å². The van der Waals surface area contributed by atoms with Crippen molar-refractivity contribution in [1.29, 1.82) is 0 Å². The predicted molar refractivity (Wildman–Crippen MR) is 79.3 cm³/mol. The van der Waals surface area contributed by atoms with Crippen molar-refractivity contribution >= 4 is 17.4 Å². The summed E-state index contributed by atoms with van der Waals surface area (Å²) in [5.74, 6) is 1.04. The molecule has 5 heteroatoms. The van der Waals surface area contributed by atoms with Crippen LogP contribution in [0.5, 0.6) is 0 Å². The Bertz CT molecular complexity index is 647. The minimum absolute atomic E-state index is 0.0971. The van der Waals surface area contributed by atoms with Gasteiger partial charge in [-0.1, -0.05) is 24.6 Å². The first kappa shape index (κ1) is 13.4. The Labute approximate surface area is 122 Å². The Morgan fingerprint density at radius 3 is 2.85 bits per heavy atom. The predicted octanol–water partition coefficient (Wildman–Crippen LogP) is 4.21. The molecule has 0 spiro atoms. The van der Waals surface area contributed by atoms with E-state index in [1.165, 1.54) is 6.07 Å². The Morgan fingerprint density at radius 1 is 1.45 bits per heavy atom. The molecule has 106 valence electrons. The number of hydrogen-bond acceptors (Lipinski definition) is 2. The minimum atomic E-state index is -0.454. The van der Waals surface area contributed by atoms with Gasteiger partial charge in [-0.15, -0.1) is 0 Å². The molecule has 0 radical (unpaired) electrons. The molecule has 1 aliphatic rings. The molecule has 1 aliphatic carbocycles. The van der Waals surface area contributed by atoms with Gasteiger partial charge in [-0.25, -0.2) is 9.37 Å². The van der Waals surface area contributed by atoms with Crippen molar-refractivity contribution in [2.75, 3.05) is 5.73 Å². The van der Waals surface area contributed by atoms with Gasteiger partial charge in [0.2, 0.25) is 0 Å². The van der Waals surface area contributed by atoms with Crippen LogP contribution in [0, 0.1) is 5.82 Å². The second kappa shape index (κ2) is 5.09. The zero-order valence-electron chi connectivity index (χ0n) is 11.4. The molecule has 0 amide bonds. The highest BCUT2D eigenvalue weighted by Gasteiger charge is 2.30. The molecule has 1 heterocycles. The molecule has 3 rings (SSSR count). The number of aromatic nitrogens is 2. The molecule has 0 atom stereocenters. The Balaban J connectivity index is 2.14. The van der Waals surface area contributed by atoms with Crippen molar-refractivity contribution in [2.45, 2.75) is 38.6 Å². The van der Waals surface area contributed by atoms with E-state index in [0.717, 1.165) is 31.5 Å². The number of benzene rings is 1. The summed E-state index contributed by atoms with van der Waals surface area (Å²) >= 11 is 5.85. The highest BCUT2D eigenvalue weighted by molar-refractivity contribution is 6.31. The van der Waals surface area contributed by atoms with E-state index in [4.69, 9.17) is 17.3 Å². The molecule has 0 unspecified atom stereocenters. The second-order valence-corrected chi connectivity index (χ2v) is 5.62. The topological polar surface area (TPSA) is 43.8 Å². The van der Waals surface area contributed by atoms with Gasteiger partial charge in [0.05, 0.1) is 5.02 Å². The van der Waals surface area contributed by atoms with Crippen LogP contribution in [0.25, 0.3) is 11.3 Å². The van der Waals surface area contributed by atoms with Gasteiger partial charge in [0, 0.05) is 18.0 Å². The van der Waals surface area contributed by atoms with Crippen LogP contribution in [0.2, 0.25) is 5.02 Å². The van der Waals surface area contributed by atoms with Crippen LogP contribution in [0.4, 0.5) is 10.2 Å². The van der Waals surface area contributed by atoms with E-state index < -0.39 is 5.82 Å². The molecule has 3 nitrogen and oxygen atoms in total. The lowest BCUT2D eigenvalue weighted by Gasteiger charge is -2.07. The molecule has 0 saturated heterocycles. The van der Waals surface area contributed by atoms with Crippen LogP contribution in [0.1, 0.15) is 38.1 Å². The molecule has 0 aliphatic heterocycles. The maximum absolute atomic E-state index is 14.2. The van der Waals surface area contributed by atoms with Gasteiger partial charge < -0.3 is 10.3 Å². The van der Waals surface area contributed by atoms with E-state index in [2.05, 4.69) is 16.5 Å². The van der Waals surface area contributed by atoms with E-state index >= 15 is 0 Å². The summed E-state index contributed by atoms with van der Waals surface area (Å²) in [6.45, 7) is 2.10.